The summed E-state index contributed by atoms with van der Waals surface area (Å²) in [5.41, 5.74) is 0. The van der Waals surface area contributed by atoms with Crippen LogP contribution in [0.5, 0.6) is 0 Å². The van der Waals surface area contributed by atoms with Crippen molar-refractivity contribution < 1.29 is 24.8 Å². The molecule has 0 unspecified atom stereocenters. The van der Waals surface area contributed by atoms with Crippen LogP contribution in [0, 0.1) is 0 Å². The van der Waals surface area contributed by atoms with E-state index in [1.54, 1.807) is 0 Å². The summed E-state index contributed by atoms with van der Waals surface area (Å²) in [7, 11) is 1.28. The van der Waals surface area contributed by atoms with Crippen molar-refractivity contribution >= 4 is 5.97 Å². The molecule has 0 heterocycles. The lowest BCUT2D eigenvalue weighted by molar-refractivity contribution is -0.252. The molecule has 0 amide bonds. The molecule has 0 bridgehead atoms. The molecule has 2 N–H and O–H groups in total. The highest BCUT2D eigenvalue weighted by Crippen LogP contribution is 1.69. The third-order valence-electron chi connectivity index (χ3n) is 0.301. The third-order valence-corrected chi connectivity index (χ3v) is 0.301. The van der Waals surface area contributed by atoms with Crippen molar-refractivity contribution in [2.45, 2.75) is 6.92 Å². The minimum absolute atomic E-state index is 0.125. The second kappa shape index (κ2) is 11.2. The van der Waals surface area contributed by atoms with Crippen molar-refractivity contribution in [3.8, 4) is 0 Å². The monoisotopic (exact) mass is 152 g/mol. The van der Waals surface area contributed by atoms with Crippen molar-refractivity contribution in [2.75, 3.05) is 20.3 Å². The summed E-state index contributed by atoms with van der Waals surface area (Å²) < 4.78 is 0. The van der Waals surface area contributed by atoms with Crippen molar-refractivity contribution in [2.24, 2.45) is 0 Å². The summed E-state index contributed by atoms with van der Waals surface area (Å²) in [5.74, 6) is -0.433. The second-order valence-electron chi connectivity index (χ2n) is 1.19. The zero-order valence-electron chi connectivity index (χ0n) is 6.03. The quantitative estimate of drug-likeness (QED) is 0.395. The van der Waals surface area contributed by atoms with E-state index in [0.29, 0.717) is 0 Å². The average Bonchev–Trinajstić information content (AvgIpc) is 1.89. The van der Waals surface area contributed by atoms with Gasteiger partial charge in [0.25, 0.3) is 0 Å². The fourth-order valence-electron chi connectivity index (χ4n) is 0.117. The van der Waals surface area contributed by atoms with Gasteiger partial charge in [0.15, 0.2) is 0 Å². The lowest BCUT2D eigenvalue weighted by atomic mass is 10.8. The van der Waals surface area contributed by atoms with E-state index in [9.17, 15) is 4.79 Å². The number of aliphatic hydroxyl groups excluding tert-OH is 2. The molecule has 0 rings (SSSR count). The topological polar surface area (TPSA) is 76.0 Å². The van der Waals surface area contributed by atoms with E-state index in [1.165, 1.54) is 14.0 Å². The smallest absolute Gasteiger partial charge is 0.339 e. The van der Waals surface area contributed by atoms with Crippen LogP contribution in [0.15, 0.2) is 0 Å². The van der Waals surface area contributed by atoms with Crippen LogP contribution in [0.1, 0.15) is 6.92 Å². The first-order chi connectivity index (χ1) is 4.68. The Morgan fingerprint density at radius 3 is 1.80 bits per heavy atom. The van der Waals surface area contributed by atoms with Crippen LogP contribution in [0.2, 0.25) is 0 Å². The maximum absolute atomic E-state index is 9.70. The number of hydrogen-bond acceptors (Lipinski definition) is 5. The molecule has 0 saturated carbocycles. The Bertz CT molecular complexity index is 70.4. The maximum Gasteiger partial charge on any atom is 0.339 e. The van der Waals surface area contributed by atoms with Gasteiger partial charge in [0, 0.05) is 6.92 Å². The van der Waals surface area contributed by atoms with E-state index in [-0.39, 0.29) is 13.2 Å². The predicted octanol–water partition coefficient (Wildman–Crippen LogP) is -0.918. The first kappa shape index (κ1) is 12.1. The molecule has 0 spiro atoms. The SMILES string of the molecule is COOC(C)=O.OCCO. The van der Waals surface area contributed by atoms with Crippen molar-refractivity contribution in [1.29, 1.82) is 0 Å². The Hall–Kier alpha value is -0.650. The molecule has 0 aromatic rings. The van der Waals surface area contributed by atoms with Crippen molar-refractivity contribution in [3.05, 3.63) is 0 Å². The Morgan fingerprint density at radius 2 is 1.80 bits per heavy atom. The summed E-state index contributed by atoms with van der Waals surface area (Å²) in [6.07, 6.45) is 0. The van der Waals surface area contributed by atoms with Gasteiger partial charge in [-0.25, -0.2) is 4.79 Å². The third kappa shape index (κ3) is 26.4. The molecule has 0 atom stereocenters. The van der Waals surface area contributed by atoms with Gasteiger partial charge < -0.3 is 10.2 Å². The molecule has 0 saturated heterocycles. The van der Waals surface area contributed by atoms with E-state index < -0.39 is 5.97 Å². The van der Waals surface area contributed by atoms with E-state index in [4.69, 9.17) is 10.2 Å². The highest BCUT2D eigenvalue weighted by atomic mass is 17.2. The summed E-state index contributed by atoms with van der Waals surface area (Å²) in [6.45, 7) is 1.02. The van der Waals surface area contributed by atoms with Gasteiger partial charge in [-0.15, -0.1) is 0 Å². The molecule has 5 heteroatoms. The van der Waals surface area contributed by atoms with Gasteiger partial charge in [-0.2, -0.15) is 4.89 Å². The Labute approximate surface area is 59.1 Å². The first-order valence-corrected chi connectivity index (χ1v) is 2.62. The van der Waals surface area contributed by atoms with E-state index in [2.05, 4.69) is 9.78 Å². The highest BCUT2D eigenvalue weighted by molar-refractivity contribution is 5.65. The number of aliphatic hydroxyl groups is 2. The van der Waals surface area contributed by atoms with E-state index >= 15 is 0 Å². The molecule has 0 radical (unpaired) electrons. The lowest BCUT2D eigenvalue weighted by Crippen LogP contribution is -1.94. The zero-order valence-corrected chi connectivity index (χ0v) is 6.03. The zero-order chi connectivity index (χ0) is 8.41. The maximum atomic E-state index is 9.70. The van der Waals surface area contributed by atoms with Crippen LogP contribution < -0.4 is 0 Å². The van der Waals surface area contributed by atoms with E-state index in [1.807, 2.05) is 0 Å². The summed E-state index contributed by atoms with van der Waals surface area (Å²) in [5, 5.41) is 15.2. The van der Waals surface area contributed by atoms with Gasteiger partial charge in [0.2, 0.25) is 0 Å². The Morgan fingerprint density at radius 1 is 1.40 bits per heavy atom. The van der Waals surface area contributed by atoms with Crippen LogP contribution in [0.25, 0.3) is 0 Å². The normalized spacial score (nSPS) is 7.60. The van der Waals surface area contributed by atoms with Gasteiger partial charge >= 0.3 is 5.97 Å². The molecular formula is C5H12O5. The molecule has 0 aromatic carbocycles. The first-order valence-electron chi connectivity index (χ1n) is 2.62. The van der Waals surface area contributed by atoms with Crippen LogP contribution in [0.3, 0.4) is 0 Å². The molecule has 5 nitrogen and oxygen atoms in total. The number of carbonyl (C=O) groups is 1. The number of rotatable bonds is 2. The van der Waals surface area contributed by atoms with Gasteiger partial charge in [-0.3, -0.25) is 4.89 Å². The molecule has 0 aliphatic carbocycles. The fourth-order valence-corrected chi connectivity index (χ4v) is 0.117. The molecule has 0 aromatic heterocycles. The highest BCUT2D eigenvalue weighted by Gasteiger charge is 1.83. The minimum Gasteiger partial charge on any atom is -0.394 e. The Balaban J connectivity index is 0. The van der Waals surface area contributed by atoms with Crippen molar-refractivity contribution in [1.82, 2.24) is 0 Å². The summed E-state index contributed by atoms with van der Waals surface area (Å²) >= 11 is 0. The molecular weight excluding hydrogens is 140 g/mol. The summed E-state index contributed by atoms with van der Waals surface area (Å²) in [6, 6.07) is 0. The standard InChI is InChI=1S/C3H6O3.C2H6O2/c1-3(4)6-5-2;3-1-2-4/h1-2H3;3-4H,1-2H2. The second-order valence-corrected chi connectivity index (χ2v) is 1.19. The molecule has 0 fully saturated rings. The van der Waals surface area contributed by atoms with Gasteiger partial charge in [-0.05, 0) is 0 Å². The van der Waals surface area contributed by atoms with Crippen LogP contribution in [-0.4, -0.2) is 36.5 Å². The lowest BCUT2D eigenvalue weighted by Gasteiger charge is -1.87. The molecule has 0 aliphatic rings. The van der Waals surface area contributed by atoms with Gasteiger partial charge in [0.05, 0.1) is 20.3 Å². The predicted molar refractivity (Wildman–Crippen MR) is 32.9 cm³/mol. The minimum atomic E-state index is -0.433. The van der Waals surface area contributed by atoms with Gasteiger partial charge in [-0.1, -0.05) is 0 Å². The Kier molecular flexibility index (Phi) is 13.5. The van der Waals surface area contributed by atoms with E-state index in [0.717, 1.165) is 0 Å². The average molecular weight is 152 g/mol. The van der Waals surface area contributed by atoms with Crippen LogP contribution in [0.4, 0.5) is 0 Å². The van der Waals surface area contributed by atoms with Crippen molar-refractivity contribution in [3.63, 3.8) is 0 Å². The molecule has 0 aliphatic heterocycles. The fraction of sp³-hybridized carbons (Fsp3) is 0.800. The number of hydrogen-bond donors (Lipinski definition) is 2. The molecule has 10 heavy (non-hydrogen) atoms. The van der Waals surface area contributed by atoms with Crippen LogP contribution >= 0.6 is 0 Å². The summed E-state index contributed by atoms with van der Waals surface area (Å²) in [4.78, 5) is 17.6. The van der Waals surface area contributed by atoms with Crippen LogP contribution in [-0.2, 0) is 14.6 Å². The number of carbonyl (C=O) groups excluding carboxylic acids is 1. The van der Waals surface area contributed by atoms with Gasteiger partial charge in [0.1, 0.15) is 0 Å². The largest absolute Gasteiger partial charge is 0.394 e. The molecule has 62 valence electrons.